The third kappa shape index (κ3) is 9.57. The predicted octanol–water partition coefficient (Wildman–Crippen LogP) is 2.20. The maximum atomic E-state index is 3.76. The van der Waals surface area contributed by atoms with Gasteiger partial charge in [0.25, 0.3) is 0 Å². The first-order valence-electron chi connectivity index (χ1n) is 8.24. The van der Waals surface area contributed by atoms with Gasteiger partial charge in [-0.3, -0.25) is 0 Å². The molecule has 0 aliphatic rings. The van der Waals surface area contributed by atoms with Crippen LogP contribution in [0.25, 0.3) is 0 Å². The summed E-state index contributed by atoms with van der Waals surface area (Å²) >= 11 is 0. The summed E-state index contributed by atoms with van der Waals surface area (Å²) in [5.41, 5.74) is 0. The molecule has 0 atom stereocenters. The van der Waals surface area contributed by atoms with Crippen molar-refractivity contribution in [2.24, 2.45) is 0 Å². The van der Waals surface area contributed by atoms with Crippen molar-refractivity contribution in [3.63, 3.8) is 0 Å². The Balaban J connectivity index is 4.37. The van der Waals surface area contributed by atoms with Crippen molar-refractivity contribution in [2.45, 2.75) is 66.2 Å². The summed E-state index contributed by atoms with van der Waals surface area (Å²) < 4.78 is 0. The lowest BCUT2D eigenvalue weighted by Crippen LogP contribution is -2.81. The van der Waals surface area contributed by atoms with Crippen molar-refractivity contribution in [2.75, 3.05) is 26.2 Å². The molecule has 0 unspecified atom stereocenters. The van der Waals surface area contributed by atoms with Crippen LogP contribution in [-0.2, 0) is 0 Å². The lowest BCUT2D eigenvalue weighted by Gasteiger charge is -2.34. The Morgan fingerprint density at radius 3 is 1.21 bits per heavy atom. The summed E-state index contributed by atoms with van der Waals surface area (Å²) in [6, 6.07) is 0. The standard InChI is InChI=1S/C14H36N4Si/c1-5-9-12-16-19(15-8-4,17-13-10-6-2)18-14-11-7-3/h15-18H,5-14H2,1-4H3. The smallest absolute Gasteiger partial charge is 0.301 e. The minimum Gasteiger partial charge on any atom is -0.301 e. The molecule has 116 valence electrons. The quantitative estimate of drug-likeness (QED) is 0.292. The second kappa shape index (κ2) is 13.1. The highest BCUT2D eigenvalue weighted by Crippen LogP contribution is 1.93. The van der Waals surface area contributed by atoms with Crippen LogP contribution in [0.1, 0.15) is 66.2 Å². The SMILES string of the molecule is CCCCN[Si](NCC)(NCCCC)NCCCC. The van der Waals surface area contributed by atoms with Crippen molar-refractivity contribution in [3.8, 4) is 0 Å². The van der Waals surface area contributed by atoms with E-state index in [2.05, 4.69) is 47.6 Å². The zero-order valence-corrected chi connectivity index (χ0v) is 14.6. The number of hydrogen-bond donors (Lipinski definition) is 4. The molecule has 19 heavy (non-hydrogen) atoms. The highest BCUT2D eigenvalue weighted by Gasteiger charge is 2.32. The van der Waals surface area contributed by atoms with Crippen LogP contribution in [0.2, 0.25) is 0 Å². The molecule has 0 amide bonds. The van der Waals surface area contributed by atoms with Gasteiger partial charge in [0.05, 0.1) is 0 Å². The van der Waals surface area contributed by atoms with Crippen LogP contribution < -0.4 is 19.9 Å². The van der Waals surface area contributed by atoms with E-state index in [9.17, 15) is 0 Å². The van der Waals surface area contributed by atoms with E-state index in [1.54, 1.807) is 0 Å². The monoisotopic (exact) mass is 288 g/mol. The lowest BCUT2D eigenvalue weighted by atomic mass is 10.3. The molecule has 0 saturated heterocycles. The van der Waals surface area contributed by atoms with E-state index in [0.717, 1.165) is 26.2 Å². The molecule has 0 aromatic heterocycles. The summed E-state index contributed by atoms with van der Waals surface area (Å²) in [7, 11) is -1.91. The molecule has 0 radical (unpaired) electrons. The second-order valence-electron chi connectivity index (χ2n) is 5.12. The Labute approximate surface area is 121 Å². The van der Waals surface area contributed by atoms with Crippen LogP contribution in [0.15, 0.2) is 0 Å². The largest absolute Gasteiger partial charge is 0.365 e. The van der Waals surface area contributed by atoms with Gasteiger partial charge in [0.1, 0.15) is 0 Å². The zero-order chi connectivity index (χ0) is 14.4. The average Bonchev–Trinajstić information content (AvgIpc) is 2.40. The fourth-order valence-corrected chi connectivity index (χ4v) is 4.93. The van der Waals surface area contributed by atoms with E-state index in [4.69, 9.17) is 0 Å². The summed E-state index contributed by atoms with van der Waals surface area (Å²) in [6.45, 7) is 13.2. The molecular weight excluding hydrogens is 252 g/mol. The van der Waals surface area contributed by atoms with Crippen molar-refractivity contribution >= 4 is 8.72 Å². The normalized spacial score (nSPS) is 12.0. The van der Waals surface area contributed by atoms with Gasteiger partial charge in [0.15, 0.2) is 0 Å². The molecule has 0 aromatic carbocycles. The van der Waals surface area contributed by atoms with Gasteiger partial charge >= 0.3 is 8.72 Å². The summed E-state index contributed by atoms with van der Waals surface area (Å²) in [6.07, 6.45) is 7.45. The van der Waals surface area contributed by atoms with Gasteiger partial charge in [-0.05, 0) is 45.4 Å². The Morgan fingerprint density at radius 2 is 0.947 bits per heavy atom. The van der Waals surface area contributed by atoms with Crippen LogP contribution in [0.3, 0.4) is 0 Å². The van der Waals surface area contributed by atoms with Crippen molar-refractivity contribution in [3.05, 3.63) is 0 Å². The van der Waals surface area contributed by atoms with Gasteiger partial charge in [-0.1, -0.05) is 47.0 Å². The molecule has 0 aliphatic carbocycles. The first-order valence-corrected chi connectivity index (χ1v) is 10.2. The molecule has 0 fully saturated rings. The van der Waals surface area contributed by atoms with E-state index >= 15 is 0 Å². The number of nitrogens with one attached hydrogen (secondary N) is 4. The fraction of sp³-hybridized carbons (Fsp3) is 1.00. The van der Waals surface area contributed by atoms with E-state index in [0.29, 0.717) is 0 Å². The molecule has 0 aromatic rings. The van der Waals surface area contributed by atoms with E-state index in [-0.39, 0.29) is 0 Å². The molecule has 4 nitrogen and oxygen atoms in total. The Kier molecular flexibility index (Phi) is 13.1. The van der Waals surface area contributed by atoms with Gasteiger partial charge in [0.2, 0.25) is 0 Å². The molecule has 0 aliphatic heterocycles. The minimum absolute atomic E-state index is 1.00. The minimum atomic E-state index is -1.91. The van der Waals surface area contributed by atoms with Gasteiger partial charge in [-0.15, -0.1) is 0 Å². The third-order valence-electron chi connectivity index (χ3n) is 3.20. The summed E-state index contributed by atoms with van der Waals surface area (Å²) in [4.78, 5) is 15.0. The molecule has 0 spiro atoms. The summed E-state index contributed by atoms with van der Waals surface area (Å²) in [5.74, 6) is 0. The van der Waals surface area contributed by atoms with Gasteiger partial charge < -0.3 is 19.9 Å². The molecule has 5 heteroatoms. The molecular formula is C14H36N4Si. The van der Waals surface area contributed by atoms with Gasteiger partial charge in [-0.25, -0.2) is 0 Å². The molecule has 0 bridgehead atoms. The van der Waals surface area contributed by atoms with Crippen molar-refractivity contribution in [1.82, 2.24) is 19.9 Å². The van der Waals surface area contributed by atoms with E-state index in [1.807, 2.05) is 0 Å². The number of rotatable bonds is 14. The van der Waals surface area contributed by atoms with Crippen LogP contribution in [-0.4, -0.2) is 34.9 Å². The maximum absolute atomic E-state index is 3.76. The lowest BCUT2D eigenvalue weighted by molar-refractivity contribution is 0.628. The fourth-order valence-electron chi connectivity index (χ4n) is 2.00. The highest BCUT2D eigenvalue weighted by molar-refractivity contribution is 6.70. The molecule has 0 saturated carbocycles. The van der Waals surface area contributed by atoms with Gasteiger partial charge in [0, 0.05) is 0 Å². The van der Waals surface area contributed by atoms with Crippen LogP contribution in [0, 0.1) is 0 Å². The molecule has 0 heterocycles. The van der Waals surface area contributed by atoms with E-state index in [1.165, 1.54) is 38.5 Å². The summed E-state index contributed by atoms with van der Waals surface area (Å²) in [5, 5.41) is 0. The predicted molar refractivity (Wildman–Crippen MR) is 88.2 cm³/mol. The average molecular weight is 289 g/mol. The first-order chi connectivity index (χ1) is 9.24. The first kappa shape index (κ1) is 19.1. The van der Waals surface area contributed by atoms with Crippen molar-refractivity contribution < 1.29 is 0 Å². The maximum Gasteiger partial charge on any atom is 0.365 e. The number of hydrogen-bond acceptors (Lipinski definition) is 4. The van der Waals surface area contributed by atoms with Gasteiger partial charge in [-0.2, -0.15) is 0 Å². The molecule has 4 N–H and O–H groups in total. The Hall–Kier alpha value is 0.0569. The third-order valence-corrected chi connectivity index (χ3v) is 6.43. The van der Waals surface area contributed by atoms with Crippen LogP contribution >= 0.6 is 0 Å². The van der Waals surface area contributed by atoms with E-state index < -0.39 is 8.72 Å². The van der Waals surface area contributed by atoms with Crippen LogP contribution in [0.5, 0.6) is 0 Å². The highest BCUT2D eigenvalue weighted by atomic mass is 28.4. The Morgan fingerprint density at radius 1 is 0.579 bits per heavy atom. The van der Waals surface area contributed by atoms with Crippen molar-refractivity contribution in [1.29, 1.82) is 0 Å². The molecule has 0 rings (SSSR count). The number of unbranched alkanes of at least 4 members (excludes halogenated alkanes) is 3. The topological polar surface area (TPSA) is 48.1 Å². The zero-order valence-electron chi connectivity index (χ0n) is 13.6. The van der Waals surface area contributed by atoms with Crippen LogP contribution in [0.4, 0.5) is 0 Å². The second-order valence-corrected chi connectivity index (χ2v) is 8.04. The Bertz CT molecular complexity index is 164.